The maximum Gasteiger partial charge on any atom is 0.264 e. The Morgan fingerprint density at radius 1 is 1.23 bits per heavy atom. The van der Waals surface area contributed by atoms with Crippen molar-refractivity contribution in [2.45, 2.75) is 13.0 Å². The first-order chi connectivity index (χ1) is 5.99. The van der Waals surface area contributed by atoms with Gasteiger partial charge in [-0.2, -0.15) is 8.42 Å². The van der Waals surface area contributed by atoms with E-state index in [4.69, 9.17) is 4.18 Å². The Balaban J connectivity index is 2.76. The minimum atomic E-state index is -3.37. The van der Waals surface area contributed by atoms with E-state index in [1.165, 1.54) is 0 Å². The molecule has 0 N–H and O–H groups in total. The van der Waals surface area contributed by atoms with Crippen LogP contribution in [-0.2, 0) is 14.3 Å². The second-order valence-electron chi connectivity index (χ2n) is 2.85. The average Bonchev–Trinajstić information content (AvgIpc) is 2.03. The smallest absolute Gasteiger partial charge is 0.262 e. The van der Waals surface area contributed by atoms with Crippen LogP contribution in [0.3, 0.4) is 0 Å². The number of hydrogen-bond acceptors (Lipinski definition) is 3. The summed E-state index contributed by atoms with van der Waals surface area (Å²) in [5.74, 6) is 0. The van der Waals surface area contributed by atoms with Crippen LogP contribution in [0.1, 0.15) is 18.6 Å². The van der Waals surface area contributed by atoms with Crippen LogP contribution in [0.15, 0.2) is 30.3 Å². The minimum absolute atomic E-state index is 0.420. The first kappa shape index (κ1) is 10.2. The second kappa shape index (κ2) is 3.89. The lowest BCUT2D eigenvalue weighted by Gasteiger charge is -2.10. The lowest BCUT2D eigenvalue weighted by Crippen LogP contribution is -2.07. The minimum Gasteiger partial charge on any atom is -0.262 e. The summed E-state index contributed by atoms with van der Waals surface area (Å²) in [4.78, 5) is 0. The van der Waals surface area contributed by atoms with E-state index in [1.807, 2.05) is 30.3 Å². The van der Waals surface area contributed by atoms with E-state index in [1.54, 1.807) is 6.92 Å². The summed E-state index contributed by atoms with van der Waals surface area (Å²) in [6.45, 7) is 1.70. The van der Waals surface area contributed by atoms with E-state index in [-0.39, 0.29) is 0 Å². The van der Waals surface area contributed by atoms with E-state index in [0.717, 1.165) is 11.8 Å². The van der Waals surface area contributed by atoms with E-state index < -0.39 is 16.2 Å². The van der Waals surface area contributed by atoms with Gasteiger partial charge in [-0.05, 0) is 12.5 Å². The van der Waals surface area contributed by atoms with Gasteiger partial charge in [0.2, 0.25) is 0 Å². The Labute approximate surface area is 78.5 Å². The molecule has 3 nitrogen and oxygen atoms in total. The van der Waals surface area contributed by atoms with Crippen molar-refractivity contribution < 1.29 is 12.6 Å². The highest BCUT2D eigenvalue weighted by molar-refractivity contribution is 7.86. The molecule has 1 rings (SSSR count). The molecule has 0 saturated carbocycles. The molecular weight excluding hydrogens is 188 g/mol. The van der Waals surface area contributed by atoms with Crippen LogP contribution in [0.5, 0.6) is 0 Å². The van der Waals surface area contributed by atoms with Crippen LogP contribution in [0.4, 0.5) is 0 Å². The monoisotopic (exact) mass is 200 g/mol. The first-order valence-corrected chi connectivity index (χ1v) is 5.74. The number of benzene rings is 1. The van der Waals surface area contributed by atoms with Gasteiger partial charge in [-0.25, -0.2) is 0 Å². The van der Waals surface area contributed by atoms with Crippen LogP contribution >= 0.6 is 0 Å². The summed E-state index contributed by atoms with van der Waals surface area (Å²) in [6, 6.07) is 9.22. The molecule has 1 aromatic carbocycles. The molecule has 0 saturated heterocycles. The van der Waals surface area contributed by atoms with E-state index in [2.05, 4.69) is 0 Å². The molecule has 0 amide bonds. The molecule has 0 heterocycles. The fourth-order valence-electron chi connectivity index (χ4n) is 1.04. The quantitative estimate of drug-likeness (QED) is 0.698. The molecule has 0 aliphatic rings. The van der Waals surface area contributed by atoms with Gasteiger partial charge < -0.3 is 0 Å². The van der Waals surface area contributed by atoms with Crippen molar-refractivity contribution in [1.29, 1.82) is 0 Å². The average molecular weight is 200 g/mol. The van der Waals surface area contributed by atoms with Gasteiger partial charge in [0.05, 0.1) is 12.4 Å². The van der Waals surface area contributed by atoms with Crippen LogP contribution < -0.4 is 0 Å². The van der Waals surface area contributed by atoms with Gasteiger partial charge in [-0.1, -0.05) is 30.3 Å². The van der Waals surface area contributed by atoms with E-state index in [0.29, 0.717) is 0 Å². The van der Waals surface area contributed by atoms with Crippen molar-refractivity contribution in [2.75, 3.05) is 6.26 Å². The van der Waals surface area contributed by atoms with Crippen molar-refractivity contribution in [3.8, 4) is 0 Å². The first-order valence-electron chi connectivity index (χ1n) is 3.92. The summed E-state index contributed by atoms with van der Waals surface area (Å²) < 4.78 is 26.4. The van der Waals surface area contributed by atoms with Gasteiger partial charge in [-0.3, -0.25) is 4.18 Å². The van der Waals surface area contributed by atoms with Crippen LogP contribution in [0.25, 0.3) is 0 Å². The fourth-order valence-corrected chi connectivity index (χ4v) is 1.68. The van der Waals surface area contributed by atoms with Crippen molar-refractivity contribution in [2.24, 2.45) is 0 Å². The largest absolute Gasteiger partial charge is 0.264 e. The zero-order chi connectivity index (χ0) is 9.90. The van der Waals surface area contributed by atoms with Gasteiger partial charge in [0.1, 0.15) is 0 Å². The zero-order valence-corrected chi connectivity index (χ0v) is 8.41. The van der Waals surface area contributed by atoms with Crippen LogP contribution in [0, 0.1) is 0 Å². The normalized spacial score (nSPS) is 14.0. The molecule has 0 unspecified atom stereocenters. The van der Waals surface area contributed by atoms with Crippen molar-refractivity contribution in [3.05, 3.63) is 35.9 Å². The maximum absolute atomic E-state index is 10.8. The summed E-state index contributed by atoms with van der Waals surface area (Å²) in [5.41, 5.74) is 0.855. The molecular formula is C9H12O3S. The summed E-state index contributed by atoms with van der Waals surface area (Å²) in [6.07, 6.45) is 0.628. The maximum atomic E-state index is 10.8. The number of hydrogen-bond donors (Lipinski definition) is 0. The standard InChI is InChI=1S/C9H12O3S/c1-8(12-13(2,10)11)9-6-4-3-5-7-9/h3-8H,1-2H3/t8-/m0/s1. The lowest BCUT2D eigenvalue weighted by atomic mass is 10.1. The Bertz CT molecular complexity index is 356. The highest BCUT2D eigenvalue weighted by Gasteiger charge is 2.11. The second-order valence-corrected chi connectivity index (χ2v) is 4.45. The third-order valence-electron chi connectivity index (χ3n) is 1.59. The van der Waals surface area contributed by atoms with Gasteiger partial charge in [0.25, 0.3) is 10.1 Å². The number of rotatable bonds is 3. The lowest BCUT2D eigenvalue weighted by molar-refractivity contribution is 0.237. The van der Waals surface area contributed by atoms with Crippen molar-refractivity contribution in [1.82, 2.24) is 0 Å². The Hall–Kier alpha value is -0.870. The highest BCUT2D eigenvalue weighted by Crippen LogP contribution is 2.17. The molecule has 0 radical (unpaired) electrons. The Morgan fingerprint density at radius 2 is 1.77 bits per heavy atom. The molecule has 0 spiro atoms. The van der Waals surface area contributed by atoms with Crippen molar-refractivity contribution in [3.63, 3.8) is 0 Å². The molecule has 0 bridgehead atoms. The van der Waals surface area contributed by atoms with Gasteiger partial charge in [0.15, 0.2) is 0 Å². The molecule has 1 atom stereocenters. The molecule has 0 aliphatic heterocycles. The summed E-state index contributed by atoms with van der Waals surface area (Å²) in [7, 11) is -3.37. The van der Waals surface area contributed by atoms with Gasteiger partial charge in [-0.15, -0.1) is 0 Å². The molecule has 72 valence electrons. The van der Waals surface area contributed by atoms with Crippen LogP contribution in [-0.4, -0.2) is 14.7 Å². The Morgan fingerprint density at radius 3 is 2.23 bits per heavy atom. The Kier molecular flexibility index (Phi) is 3.06. The molecule has 0 aliphatic carbocycles. The predicted molar refractivity (Wildman–Crippen MR) is 50.8 cm³/mol. The molecule has 13 heavy (non-hydrogen) atoms. The molecule has 4 heteroatoms. The van der Waals surface area contributed by atoms with Crippen LogP contribution in [0.2, 0.25) is 0 Å². The molecule has 1 aromatic rings. The molecule has 0 fully saturated rings. The topological polar surface area (TPSA) is 43.4 Å². The van der Waals surface area contributed by atoms with E-state index in [9.17, 15) is 8.42 Å². The highest BCUT2D eigenvalue weighted by atomic mass is 32.2. The fraction of sp³-hybridized carbons (Fsp3) is 0.333. The third-order valence-corrected chi connectivity index (χ3v) is 2.23. The summed E-state index contributed by atoms with van der Waals surface area (Å²) in [5, 5.41) is 0. The van der Waals surface area contributed by atoms with Crippen molar-refractivity contribution >= 4 is 10.1 Å². The molecule has 0 aromatic heterocycles. The zero-order valence-electron chi connectivity index (χ0n) is 7.60. The summed E-state index contributed by atoms with van der Waals surface area (Å²) >= 11 is 0. The van der Waals surface area contributed by atoms with Gasteiger partial charge >= 0.3 is 0 Å². The predicted octanol–water partition coefficient (Wildman–Crippen LogP) is 1.72. The van der Waals surface area contributed by atoms with Gasteiger partial charge in [0, 0.05) is 0 Å². The SMILES string of the molecule is C[C@H](OS(C)(=O)=O)c1ccccc1. The van der Waals surface area contributed by atoms with E-state index >= 15 is 0 Å². The third kappa shape index (κ3) is 3.57.